The van der Waals surface area contributed by atoms with Crippen LogP contribution in [0.25, 0.3) is 60.6 Å². The summed E-state index contributed by atoms with van der Waals surface area (Å²) >= 11 is 0. The molecule has 154 valence electrons. The Morgan fingerprint density at radius 2 is 1.33 bits per heavy atom. The highest BCUT2D eigenvalue weighted by Gasteiger charge is 2.16. The topological polar surface area (TPSA) is 30.2 Å². The number of hydrogen-bond donors (Lipinski definition) is 0. The van der Waals surface area contributed by atoms with E-state index in [0.717, 1.165) is 27.5 Å². The molecule has 3 heterocycles. The van der Waals surface area contributed by atoms with Gasteiger partial charge in [-0.2, -0.15) is 0 Å². The standard InChI is InChI=1S/C30H19N3/c1-3-12-27-24(10-1)30(29-19-32-26-11-2-4-13-28(26)33(27)29)23-8-5-7-20(18-23)21-14-15-25-22(17-21)9-6-16-31-25/h1-19H. The maximum atomic E-state index is 4.78. The largest absolute Gasteiger partial charge is 0.306 e. The van der Waals surface area contributed by atoms with Gasteiger partial charge in [0.25, 0.3) is 0 Å². The summed E-state index contributed by atoms with van der Waals surface area (Å²) in [6.45, 7) is 0. The van der Waals surface area contributed by atoms with Crippen LogP contribution in [0.2, 0.25) is 0 Å². The summed E-state index contributed by atoms with van der Waals surface area (Å²) in [5, 5.41) is 2.38. The van der Waals surface area contributed by atoms with Crippen LogP contribution < -0.4 is 0 Å². The zero-order valence-electron chi connectivity index (χ0n) is 17.8. The number of hydrogen-bond acceptors (Lipinski definition) is 2. The molecule has 33 heavy (non-hydrogen) atoms. The van der Waals surface area contributed by atoms with Gasteiger partial charge < -0.3 is 4.40 Å². The molecule has 0 N–H and O–H groups in total. The molecule has 3 heteroatoms. The van der Waals surface area contributed by atoms with Gasteiger partial charge in [-0.1, -0.05) is 60.7 Å². The second kappa shape index (κ2) is 7.01. The fourth-order valence-electron chi connectivity index (χ4n) is 4.95. The smallest absolute Gasteiger partial charge is 0.0871 e. The third-order valence-electron chi connectivity index (χ3n) is 6.45. The van der Waals surface area contributed by atoms with Gasteiger partial charge in [0.15, 0.2) is 0 Å². The van der Waals surface area contributed by atoms with Gasteiger partial charge in [-0.05, 0) is 59.2 Å². The van der Waals surface area contributed by atoms with E-state index < -0.39 is 0 Å². The van der Waals surface area contributed by atoms with Gasteiger partial charge in [0.05, 0.1) is 33.8 Å². The SMILES string of the molecule is c1cc(-c2ccc3ncccc3c2)cc(-c2c3ccccc3n3c2cnc2ccccc23)c1. The number of nitrogens with zero attached hydrogens (tertiary/aromatic N) is 3. The molecule has 3 nitrogen and oxygen atoms in total. The third-order valence-corrected chi connectivity index (χ3v) is 6.45. The number of aromatic nitrogens is 3. The number of rotatable bonds is 2. The van der Waals surface area contributed by atoms with Crippen molar-refractivity contribution in [3.05, 3.63) is 116 Å². The predicted octanol–water partition coefficient (Wildman–Crippen LogP) is 7.52. The van der Waals surface area contributed by atoms with Gasteiger partial charge in [-0.3, -0.25) is 9.97 Å². The highest BCUT2D eigenvalue weighted by atomic mass is 14.9. The molecule has 0 aliphatic carbocycles. The zero-order chi connectivity index (χ0) is 21.8. The third kappa shape index (κ3) is 2.76. The Balaban J connectivity index is 1.50. The minimum absolute atomic E-state index is 0.996. The molecule has 4 aromatic carbocycles. The zero-order valence-corrected chi connectivity index (χ0v) is 17.8. The van der Waals surface area contributed by atoms with Crippen molar-refractivity contribution in [1.82, 2.24) is 14.4 Å². The second-order valence-electron chi connectivity index (χ2n) is 8.35. The minimum Gasteiger partial charge on any atom is -0.306 e. The summed E-state index contributed by atoms with van der Waals surface area (Å²) in [5.41, 5.74) is 10.2. The normalized spacial score (nSPS) is 11.6. The number of benzene rings is 4. The summed E-state index contributed by atoms with van der Waals surface area (Å²) in [7, 11) is 0. The Kier molecular flexibility index (Phi) is 3.84. The number of pyridine rings is 1. The van der Waals surface area contributed by atoms with Crippen LogP contribution in [0, 0.1) is 0 Å². The van der Waals surface area contributed by atoms with Crippen molar-refractivity contribution in [2.45, 2.75) is 0 Å². The average Bonchev–Trinajstić information content (AvgIpc) is 3.23. The lowest BCUT2D eigenvalue weighted by Crippen LogP contribution is -1.90. The lowest BCUT2D eigenvalue weighted by atomic mass is 9.97. The van der Waals surface area contributed by atoms with E-state index in [2.05, 4.69) is 100 Å². The van der Waals surface area contributed by atoms with Gasteiger partial charge in [0, 0.05) is 22.5 Å². The number of fused-ring (bicyclic) bond motifs is 6. The summed E-state index contributed by atoms with van der Waals surface area (Å²) < 4.78 is 2.33. The maximum absolute atomic E-state index is 4.78. The van der Waals surface area contributed by atoms with E-state index in [4.69, 9.17) is 4.98 Å². The molecule has 0 amide bonds. The van der Waals surface area contributed by atoms with E-state index in [9.17, 15) is 0 Å². The Labute approximate surface area is 190 Å². The highest BCUT2D eigenvalue weighted by Crippen LogP contribution is 2.38. The first-order valence-corrected chi connectivity index (χ1v) is 11.1. The van der Waals surface area contributed by atoms with Crippen LogP contribution in [0.4, 0.5) is 0 Å². The van der Waals surface area contributed by atoms with Gasteiger partial charge in [-0.25, -0.2) is 0 Å². The van der Waals surface area contributed by atoms with Crippen molar-refractivity contribution < 1.29 is 0 Å². The molecule has 0 bridgehead atoms. The van der Waals surface area contributed by atoms with Crippen molar-refractivity contribution in [3.8, 4) is 22.3 Å². The Bertz CT molecular complexity index is 1830. The van der Waals surface area contributed by atoms with Crippen LogP contribution in [0.15, 0.2) is 116 Å². The van der Waals surface area contributed by atoms with Crippen LogP contribution in [0.5, 0.6) is 0 Å². The van der Waals surface area contributed by atoms with E-state index in [1.807, 2.05) is 24.5 Å². The average molecular weight is 422 g/mol. The predicted molar refractivity (Wildman–Crippen MR) is 136 cm³/mol. The minimum atomic E-state index is 0.996. The fourth-order valence-corrected chi connectivity index (χ4v) is 4.95. The highest BCUT2D eigenvalue weighted by molar-refractivity contribution is 6.08. The van der Waals surface area contributed by atoms with E-state index in [1.165, 1.54) is 33.2 Å². The molecule has 0 radical (unpaired) electrons. The van der Waals surface area contributed by atoms with Gasteiger partial charge >= 0.3 is 0 Å². The van der Waals surface area contributed by atoms with Crippen LogP contribution in [0.1, 0.15) is 0 Å². The summed E-state index contributed by atoms with van der Waals surface area (Å²) in [6.07, 6.45) is 3.84. The van der Waals surface area contributed by atoms with Gasteiger partial charge in [-0.15, -0.1) is 0 Å². The molecule has 7 rings (SSSR count). The first kappa shape index (κ1) is 18.1. The quantitative estimate of drug-likeness (QED) is 0.289. The molecular formula is C30H19N3. The van der Waals surface area contributed by atoms with Crippen LogP contribution in [-0.4, -0.2) is 14.4 Å². The van der Waals surface area contributed by atoms with Crippen molar-refractivity contribution in [3.63, 3.8) is 0 Å². The number of para-hydroxylation sites is 3. The van der Waals surface area contributed by atoms with E-state index in [-0.39, 0.29) is 0 Å². The molecule has 0 aliphatic heterocycles. The first-order chi connectivity index (χ1) is 16.4. The summed E-state index contributed by atoms with van der Waals surface area (Å²) in [6, 6.07) is 36.3. The van der Waals surface area contributed by atoms with Crippen LogP contribution in [-0.2, 0) is 0 Å². The fraction of sp³-hybridized carbons (Fsp3) is 0. The molecular weight excluding hydrogens is 402 g/mol. The Hall–Kier alpha value is -4.50. The van der Waals surface area contributed by atoms with Gasteiger partial charge in [0.1, 0.15) is 0 Å². The Morgan fingerprint density at radius 3 is 2.30 bits per heavy atom. The maximum Gasteiger partial charge on any atom is 0.0871 e. The molecule has 3 aromatic heterocycles. The summed E-state index contributed by atoms with van der Waals surface area (Å²) in [4.78, 5) is 9.24. The van der Waals surface area contributed by atoms with E-state index >= 15 is 0 Å². The lowest BCUT2D eigenvalue weighted by molar-refractivity contribution is 1.27. The van der Waals surface area contributed by atoms with Crippen molar-refractivity contribution in [1.29, 1.82) is 0 Å². The van der Waals surface area contributed by atoms with Crippen molar-refractivity contribution in [2.24, 2.45) is 0 Å². The first-order valence-electron chi connectivity index (χ1n) is 11.1. The lowest BCUT2D eigenvalue weighted by Gasteiger charge is -2.08. The monoisotopic (exact) mass is 421 g/mol. The van der Waals surface area contributed by atoms with Crippen molar-refractivity contribution >= 4 is 38.4 Å². The molecule has 0 unspecified atom stereocenters. The Morgan fingerprint density at radius 1 is 0.515 bits per heavy atom. The van der Waals surface area contributed by atoms with Crippen LogP contribution in [0.3, 0.4) is 0 Å². The molecule has 0 spiro atoms. The summed E-state index contributed by atoms with van der Waals surface area (Å²) in [5.74, 6) is 0. The molecule has 0 saturated carbocycles. The molecule has 7 aromatic rings. The molecule has 0 fully saturated rings. The molecule has 0 atom stereocenters. The van der Waals surface area contributed by atoms with E-state index in [1.54, 1.807) is 0 Å². The van der Waals surface area contributed by atoms with E-state index in [0.29, 0.717) is 0 Å². The van der Waals surface area contributed by atoms with Crippen molar-refractivity contribution in [2.75, 3.05) is 0 Å². The van der Waals surface area contributed by atoms with Gasteiger partial charge in [0.2, 0.25) is 0 Å². The van der Waals surface area contributed by atoms with Crippen LogP contribution >= 0.6 is 0 Å². The molecule has 0 saturated heterocycles. The molecule has 0 aliphatic rings. The second-order valence-corrected chi connectivity index (χ2v) is 8.35.